The van der Waals surface area contributed by atoms with Crippen LogP contribution in [-0.2, 0) is 41.6 Å². The summed E-state index contributed by atoms with van der Waals surface area (Å²) in [6, 6.07) is 14.7. The van der Waals surface area contributed by atoms with E-state index in [0.717, 1.165) is 11.1 Å². The van der Waals surface area contributed by atoms with Gasteiger partial charge < -0.3 is 53.0 Å². The van der Waals surface area contributed by atoms with E-state index in [4.69, 9.17) is 21.3 Å². The number of primary amides is 1. The van der Waals surface area contributed by atoms with Crippen LogP contribution >= 0.6 is 0 Å². The van der Waals surface area contributed by atoms with Gasteiger partial charge in [0.1, 0.15) is 17.7 Å². The minimum atomic E-state index is -1.23. The van der Waals surface area contributed by atoms with Gasteiger partial charge in [0.05, 0.1) is 18.2 Å². The Morgan fingerprint density at radius 3 is 1.88 bits per heavy atom. The topological polar surface area (TPSA) is 264 Å². The van der Waals surface area contributed by atoms with Crippen LogP contribution in [0.25, 0.3) is 0 Å². The van der Waals surface area contributed by atoms with Gasteiger partial charge in [0.2, 0.25) is 23.6 Å². The molecule has 5 atom stereocenters. The summed E-state index contributed by atoms with van der Waals surface area (Å²) in [6.07, 6.45) is 1.27. The van der Waals surface area contributed by atoms with Gasteiger partial charge in [0.15, 0.2) is 0 Å². The molecule has 1 unspecified atom stereocenters. The monoisotopic (exact) mass is 797 g/mol. The molecule has 316 valence electrons. The fourth-order valence-corrected chi connectivity index (χ4v) is 5.91. The molecule has 0 aliphatic heterocycles. The highest BCUT2D eigenvalue weighted by molar-refractivity contribution is 5.89. The van der Waals surface area contributed by atoms with Crippen LogP contribution in [0.5, 0.6) is 0 Å². The lowest BCUT2D eigenvalue weighted by atomic mass is 9.99. The lowest BCUT2D eigenvalue weighted by Gasteiger charge is -2.29. The zero-order valence-electron chi connectivity index (χ0n) is 33.5. The number of carboxylic acid groups (broad SMARTS) is 1. The first-order chi connectivity index (χ1) is 27.1. The molecule has 5 amide bonds. The third-order valence-corrected chi connectivity index (χ3v) is 8.91. The molecule has 2 aromatic rings. The second-order valence-corrected chi connectivity index (χ2v) is 15.1. The molecule has 0 aliphatic rings. The average Bonchev–Trinajstić information content (AvgIpc) is 3.14. The Kier molecular flexibility index (Phi) is 21.9. The zero-order chi connectivity index (χ0) is 42.2. The number of hydrogen-bond acceptors (Lipinski definition) is 10. The second-order valence-electron chi connectivity index (χ2n) is 15.1. The van der Waals surface area contributed by atoms with E-state index < -0.39 is 65.7 Å². The van der Waals surface area contributed by atoms with Crippen molar-refractivity contribution in [3.05, 3.63) is 71.8 Å². The molecule has 0 heterocycles. The summed E-state index contributed by atoms with van der Waals surface area (Å²) in [4.78, 5) is 75.4. The molecule has 16 nitrogen and oxygen atoms in total. The molecule has 0 saturated carbocycles. The lowest BCUT2D eigenvalue weighted by Crippen LogP contribution is -2.57. The summed E-state index contributed by atoms with van der Waals surface area (Å²) in [5.74, 6) is -2.97. The number of unbranched alkanes of at least 4 members (excludes halogenated alkanes) is 2. The largest absolute Gasteiger partial charge is 0.481 e. The molecule has 0 fully saturated rings. The van der Waals surface area contributed by atoms with E-state index in [1.54, 1.807) is 20.8 Å². The minimum Gasteiger partial charge on any atom is -0.481 e. The van der Waals surface area contributed by atoms with Crippen molar-refractivity contribution in [1.29, 1.82) is 0 Å². The van der Waals surface area contributed by atoms with Crippen molar-refractivity contribution in [2.45, 2.75) is 127 Å². The number of amides is 5. The maximum absolute atomic E-state index is 13.9. The van der Waals surface area contributed by atoms with E-state index in [1.165, 1.54) is 0 Å². The highest BCUT2D eigenvalue weighted by Gasteiger charge is 2.30. The fraction of sp³-hybridized carbons (Fsp3) is 0.561. The Morgan fingerprint density at radius 2 is 1.30 bits per heavy atom. The number of carbonyl (C=O) groups excluding carboxylic acids is 5. The normalized spacial score (nSPS) is 13.9. The molecule has 0 spiro atoms. The van der Waals surface area contributed by atoms with Gasteiger partial charge in [-0.3, -0.25) is 24.0 Å². The number of aliphatic hydroxyl groups excluding tert-OH is 1. The van der Waals surface area contributed by atoms with Crippen LogP contribution < -0.4 is 38.1 Å². The van der Waals surface area contributed by atoms with Crippen LogP contribution in [0.15, 0.2) is 60.7 Å². The maximum Gasteiger partial charge on any atom is 0.408 e. The number of rotatable bonds is 27. The molecular formula is C41H63N7O9. The zero-order valence-corrected chi connectivity index (χ0v) is 33.5. The molecule has 11 N–H and O–H groups in total. The van der Waals surface area contributed by atoms with Gasteiger partial charge in [-0.1, -0.05) is 60.7 Å². The van der Waals surface area contributed by atoms with Crippen LogP contribution in [0.4, 0.5) is 4.79 Å². The first-order valence-electron chi connectivity index (χ1n) is 19.6. The van der Waals surface area contributed by atoms with Gasteiger partial charge in [0, 0.05) is 25.9 Å². The summed E-state index contributed by atoms with van der Waals surface area (Å²) in [5, 5.41) is 34.6. The third-order valence-electron chi connectivity index (χ3n) is 8.91. The molecule has 0 aromatic heterocycles. The van der Waals surface area contributed by atoms with Crippen molar-refractivity contribution in [2.75, 3.05) is 19.6 Å². The van der Waals surface area contributed by atoms with Gasteiger partial charge in [-0.2, -0.15) is 0 Å². The van der Waals surface area contributed by atoms with E-state index >= 15 is 0 Å². The number of nitrogens with one attached hydrogen (secondary N) is 5. The number of carbonyl (C=O) groups is 6. The third kappa shape index (κ3) is 21.2. The lowest BCUT2D eigenvalue weighted by molar-refractivity contribution is -0.137. The number of nitrogens with two attached hydrogens (primary N) is 2. The molecule has 2 rings (SSSR count). The van der Waals surface area contributed by atoms with Crippen molar-refractivity contribution >= 4 is 35.7 Å². The van der Waals surface area contributed by atoms with Crippen LogP contribution in [-0.4, -0.2) is 101 Å². The van der Waals surface area contributed by atoms with Crippen LogP contribution in [0.2, 0.25) is 0 Å². The number of hydrogen-bond donors (Lipinski definition) is 9. The van der Waals surface area contributed by atoms with Gasteiger partial charge in [-0.25, -0.2) is 4.79 Å². The van der Waals surface area contributed by atoms with Crippen molar-refractivity contribution in [1.82, 2.24) is 26.6 Å². The molecule has 2 aromatic carbocycles. The van der Waals surface area contributed by atoms with Crippen molar-refractivity contribution in [3.8, 4) is 0 Å². The quantitative estimate of drug-likeness (QED) is 0.0589. The van der Waals surface area contributed by atoms with E-state index in [2.05, 4.69) is 26.6 Å². The summed E-state index contributed by atoms with van der Waals surface area (Å²) in [5.41, 5.74) is 12.0. The summed E-state index contributed by atoms with van der Waals surface area (Å²) < 4.78 is 5.42. The van der Waals surface area contributed by atoms with E-state index in [-0.39, 0.29) is 51.0 Å². The summed E-state index contributed by atoms with van der Waals surface area (Å²) in [6.45, 7) is 5.68. The molecule has 0 aliphatic carbocycles. The van der Waals surface area contributed by atoms with Crippen LogP contribution in [0, 0.1) is 0 Å². The number of ether oxygens (including phenoxy) is 1. The van der Waals surface area contributed by atoms with Crippen molar-refractivity contribution in [3.63, 3.8) is 0 Å². The van der Waals surface area contributed by atoms with Crippen LogP contribution in [0.3, 0.4) is 0 Å². The fourth-order valence-electron chi connectivity index (χ4n) is 5.91. The number of aliphatic carboxylic acids is 1. The predicted octanol–water partition coefficient (Wildman–Crippen LogP) is 1.81. The Hall–Kier alpha value is -5.06. The Morgan fingerprint density at radius 1 is 0.719 bits per heavy atom. The minimum absolute atomic E-state index is 0.0817. The highest BCUT2D eigenvalue weighted by atomic mass is 16.6. The highest BCUT2D eigenvalue weighted by Crippen LogP contribution is 2.12. The molecule has 0 bridgehead atoms. The van der Waals surface area contributed by atoms with Gasteiger partial charge in [0.25, 0.3) is 0 Å². The van der Waals surface area contributed by atoms with Gasteiger partial charge >= 0.3 is 12.1 Å². The Labute approximate surface area is 335 Å². The van der Waals surface area contributed by atoms with Crippen LogP contribution in [0.1, 0.15) is 89.7 Å². The molecule has 16 heteroatoms. The summed E-state index contributed by atoms with van der Waals surface area (Å²) in [7, 11) is 0. The molecular weight excluding hydrogens is 734 g/mol. The first kappa shape index (κ1) is 48.1. The van der Waals surface area contributed by atoms with Crippen molar-refractivity contribution in [2.24, 2.45) is 11.5 Å². The number of benzene rings is 2. The standard InChI is InChI=1S/C41H63N7O9/c1-41(2,3)57-40(56)48-31(20-11-13-24-44-35(50)21-14-22-36(51)52)38(54)47-32(25-28-15-6-4-7-16-28)34(49)27-45-33(26-29-17-8-5-9-18-29)39(55)46-30(37(43)53)19-10-12-23-42/h4-9,15-18,30-34,45,49H,10-14,19-27,42H2,1-3H3,(H2,43,53)(H,44,50)(H,46,55)(H,47,54)(H,48,56)(H,51,52)/t30-,31-,32-,33-,34?/m0/s1. The molecule has 0 saturated heterocycles. The Balaban J connectivity index is 2.24. The van der Waals surface area contributed by atoms with Crippen molar-refractivity contribution < 1.29 is 43.7 Å². The number of aliphatic hydroxyl groups is 1. The van der Waals surface area contributed by atoms with E-state index in [1.807, 2.05) is 60.7 Å². The maximum atomic E-state index is 13.9. The predicted molar refractivity (Wildman–Crippen MR) is 216 cm³/mol. The number of alkyl carbamates (subject to hydrolysis) is 1. The molecule has 57 heavy (non-hydrogen) atoms. The molecule has 0 radical (unpaired) electrons. The summed E-state index contributed by atoms with van der Waals surface area (Å²) >= 11 is 0. The van der Waals surface area contributed by atoms with Gasteiger partial charge in [-0.05, 0) is 96.2 Å². The number of carboxylic acids is 1. The van der Waals surface area contributed by atoms with Gasteiger partial charge in [-0.15, -0.1) is 0 Å². The van der Waals surface area contributed by atoms with E-state index in [9.17, 15) is 33.9 Å². The first-order valence-corrected chi connectivity index (χ1v) is 19.6. The average molecular weight is 798 g/mol. The Bertz CT molecular complexity index is 1540. The second kappa shape index (κ2) is 26.0. The SMILES string of the molecule is CC(C)(C)OC(=O)N[C@@H](CCCCNC(=O)CCCC(=O)O)C(=O)N[C@@H](Cc1ccccc1)C(O)CN[C@@H](Cc1ccccc1)C(=O)N[C@@H](CCCCN)C(N)=O. The van der Waals surface area contributed by atoms with E-state index in [0.29, 0.717) is 45.2 Å². The smallest absolute Gasteiger partial charge is 0.408 e.